The number of hydrogen-bond acceptors (Lipinski definition) is 2. The highest BCUT2D eigenvalue weighted by atomic mass is 35.5. The molecular formula is C15H19ClN4O. The highest BCUT2D eigenvalue weighted by Crippen LogP contribution is 2.36. The molecule has 5 nitrogen and oxygen atoms in total. The number of halogens is 1. The molecular weight excluding hydrogens is 288 g/mol. The summed E-state index contributed by atoms with van der Waals surface area (Å²) in [4.78, 5) is 17.6. The standard InChI is InChI=1S/C15H19ClN4O/c1-9-14(10(2)19(3)18-9)13-5-4-6-20(13)15(21)12-7-11(16)8-17-12/h7-8,13,17H,4-6H2,1-3H3/t13-/m1/s1. The van der Waals surface area contributed by atoms with E-state index < -0.39 is 0 Å². The van der Waals surface area contributed by atoms with E-state index in [9.17, 15) is 4.79 Å². The Bertz CT molecular complexity index is 688. The Balaban J connectivity index is 1.94. The number of carbonyl (C=O) groups excluding carboxylic acids is 1. The zero-order valence-electron chi connectivity index (χ0n) is 12.5. The van der Waals surface area contributed by atoms with Gasteiger partial charge in [0.1, 0.15) is 5.69 Å². The minimum atomic E-state index is 0.00653. The molecule has 1 amide bonds. The fourth-order valence-electron chi connectivity index (χ4n) is 3.23. The van der Waals surface area contributed by atoms with Gasteiger partial charge >= 0.3 is 0 Å². The molecule has 2 aromatic heterocycles. The van der Waals surface area contributed by atoms with Crippen molar-refractivity contribution in [3.63, 3.8) is 0 Å². The molecule has 21 heavy (non-hydrogen) atoms. The Kier molecular flexibility index (Phi) is 3.53. The number of aromatic nitrogens is 3. The summed E-state index contributed by atoms with van der Waals surface area (Å²) in [6.45, 7) is 4.84. The number of carbonyl (C=O) groups is 1. The third-order valence-electron chi connectivity index (χ3n) is 4.29. The lowest BCUT2D eigenvalue weighted by molar-refractivity contribution is 0.0729. The Morgan fingerprint density at radius 2 is 2.24 bits per heavy atom. The molecule has 1 aliphatic rings. The molecule has 0 aromatic carbocycles. The van der Waals surface area contributed by atoms with Gasteiger partial charge in [-0.15, -0.1) is 0 Å². The van der Waals surface area contributed by atoms with Crippen molar-refractivity contribution < 1.29 is 4.79 Å². The van der Waals surface area contributed by atoms with Crippen LogP contribution in [-0.2, 0) is 7.05 Å². The second-order valence-corrected chi connectivity index (χ2v) is 6.03. The van der Waals surface area contributed by atoms with Crippen molar-refractivity contribution in [3.8, 4) is 0 Å². The van der Waals surface area contributed by atoms with Crippen molar-refractivity contribution in [1.82, 2.24) is 19.7 Å². The smallest absolute Gasteiger partial charge is 0.270 e. The largest absolute Gasteiger partial charge is 0.356 e. The van der Waals surface area contributed by atoms with Crippen LogP contribution in [0.1, 0.15) is 46.3 Å². The molecule has 0 spiro atoms. The van der Waals surface area contributed by atoms with Crippen LogP contribution in [0.15, 0.2) is 12.3 Å². The van der Waals surface area contributed by atoms with Gasteiger partial charge in [0, 0.05) is 31.0 Å². The average Bonchev–Trinajstić information content (AvgIpc) is 3.11. The van der Waals surface area contributed by atoms with Gasteiger partial charge in [0.2, 0.25) is 0 Å². The molecule has 0 bridgehead atoms. The van der Waals surface area contributed by atoms with E-state index >= 15 is 0 Å². The first kappa shape index (κ1) is 14.2. The van der Waals surface area contributed by atoms with Gasteiger partial charge in [0.05, 0.1) is 16.8 Å². The summed E-state index contributed by atoms with van der Waals surface area (Å²) in [5, 5.41) is 5.03. The lowest BCUT2D eigenvalue weighted by Gasteiger charge is -2.25. The maximum absolute atomic E-state index is 12.7. The normalized spacial score (nSPS) is 18.5. The SMILES string of the molecule is Cc1nn(C)c(C)c1[C@H]1CCCN1C(=O)c1cc(Cl)c[nH]1. The Hall–Kier alpha value is -1.75. The summed E-state index contributed by atoms with van der Waals surface area (Å²) in [5.74, 6) is 0.00653. The predicted octanol–water partition coefficient (Wildman–Crippen LogP) is 3.00. The first-order valence-electron chi connectivity index (χ1n) is 7.14. The average molecular weight is 307 g/mol. The molecule has 0 unspecified atom stereocenters. The monoisotopic (exact) mass is 306 g/mol. The van der Waals surface area contributed by atoms with Gasteiger partial charge in [-0.25, -0.2) is 0 Å². The number of aryl methyl sites for hydroxylation is 2. The summed E-state index contributed by atoms with van der Waals surface area (Å²) in [7, 11) is 1.94. The molecule has 3 rings (SSSR count). The van der Waals surface area contributed by atoms with Crippen LogP contribution in [0.2, 0.25) is 5.02 Å². The number of H-pyrrole nitrogens is 1. The molecule has 1 aliphatic heterocycles. The van der Waals surface area contributed by atoms with Gasteiger partial charge < -0.3 is 9.88 Å². The molecule has 1 N–H and O–H groups in total. The van der Waals surface area contributed by atoms with Crippen LogP contribution in [0.5, 0.6) is 0 Å². The Morgan fingerprint density at radius 3 is 2.81 bits per heavy atom. The minimum Gasteiger partial charge on any atom is -0.356 e. The van der Waals surface area contributed by atoms with E-state index in [0.29, 0.717) is 10.7 Å². The van der Waals surface area contributed by atoms with Gasteiger partial charge in [0.15, 0.2) is 0 Å². The zero-order chi connectivity index (χ0) is 15.1. The quantitative estimate of drug-likeness (QED) is 0.927. The van der Waals surface area contributed by atoms with Crippen molar-refractivity contribution in [2.24, 2.45) is 7.05 Å². The molecule has 3 heterocycles. The van der Waals surface area contributed by atoms with Crippen molar-refractivity contribution >= 4 is 17.5 Å². The van der Waals surface area contributed by atoms with E-state index in [1.807, 2.05) is 23.6 Å². The fraction of sp³-hybridized carbons (Fsp3) is 0.467. The summed E-state index contributed by atoms with van der Waals surface area (Å²) in [6, 6.07) is 1.79. The van der Waals surface area contributed by atoms with E-state index in [0.717, 1.165) is 30.8 Å². The zero-order valence-corrected chi connectivity index (χ0v) is 13.2. The van der Waals surface area contributed by atoms with E-state index in [1.165, 1.54) is 5.56 Å². The number of aromatic amines is 1. The molecule has 2 aromatic rings. The summed E-state index contributed by atoms with van der Waals surface area (Å²) in [5.41, 5.74) is 3.86. The van der Waals surface area contributed by atoms with E-state index in [-0.39, 0.29) is 11.9 Å². The third kappa shape index (κ3) is 2.35. The lowest BCUT2D eigenvalue weighted by atomic mass is 10.0. The number of nitrogens with one attached hydrogen (secondary N) is 1. The van der Waals surface area contributed by atoms with Crippen LogP contribution in [-0.4, -0.2) is 32.1 Å². The topological polar surface area (TPSA) is 53.9 Å². The maximum atomic E-state index is 12.7. The van der Waals surface area contributed by atoms with E-state index in [2.05, 4.69) is 17.0 Å². The van der Waals surface area contributed by atoms with Crippen molar-refractivity contribution in [3.05, 3.63) is 39.9 Å². The third-order valence-corrected chi connectivity index (χ3v) is 4.51. The van der Waals surface area contributed by atoms with Crippen molar-refractivity contribution in [2.75, 3.05) is 6.54 Å². The second-order valence-electron chi connectivity index (χ2n) is 5.60. The number of amides is 1. The van der Waals surface area contributed by atoms with Crippen LogP contribution in [0, 0.1) is 13.8 Å². The van der Waals surface area contributed by atoms with Crippen LogP contribution in [0.25, 0.3) is 0 Å². The Morgan fingerprint density at radius 1 is 1.48 bits per heavy atom. The van der Waals surface area contributed by atoms with E-state index in [4.69, 9.17) is 11.6 Å². The van der Waals surface area contributed by atoms with Crippen LogP contribution >= 0.6 is 11.6 Å². The van der Waals surface area contributed by atoms with E-state index in [1.54, 1.807) is 12.3 Å². The first-order valence-corrected chi connectivity index (χ1v) is 7.52. The summed E-state index contributed by atoms with van der Waals surface area (Å²) < 4.78 is 1.89. The maximum Gasteiger partial charge on any atom is 0.270 e. The van der Waals surface area contributed by atoms with Crippen LogP contribution in [0.3, 0.4) is 0 Å². The Labute approximate surface area is 128 Å². The number of rotatable bonds is 2. The van der Waals surface area contributed by atoms with Gasteiger partial charge in [-0.3, -0.25) is 9.48 Å². The number of hydrogen-bond donors (Lipinski definition) is 1. The minimum absolute atomic E-state index is 0.00653. The molecule has 0 aliphatic carbocycles. The lowest BCUT2D eigenvalue weighted by Crippen LogP contribution is -2.31. The van der Waals surface area contributed by atoms with Crippen LogP contribution < -0.4 is 0 Å². The molecule has 6 heteroatoms. The fourth-order valence-corrected chi connectivity index (χ4v) is 3.39. The number of likely N-dealkylation sites (tertiary alicyclic amines) is 1. The second kappa shape index (κ2) is 5.22. The van der Waals surface area contributed by atoms with Gasteiger partial charge in [-0.05, 0) is 32.8 Å². The van der Waals surface area contributed by atoms with Crippen molar-refractivity contribution in [1.29, 1.82) is 0 Å². The van der Waals surface area contributed by atoms with Gasteiger partial charge in [-0.2, -0.15) is 5.10 Å². The van der Waals surface area contributed by atoms with Gasteiger partial charge in [0.25, 0.3) is 5.91 Å². The number of nitrogens with zero attached hydrogens (tertiary/aromatic N) is 3. The predicted molar refractivity (Wildman–Crippen MR) is 81.5 cm³/mol. The summed E-state index contributed by atoms with van der Waals surface area (Å²) >= 11 is 5.90. The molecule has 0 saturated carbocycles. The molecule has 1 atom stereocenters. The highest BCUT2D eigenvalue weighted by molar-refractivity contribution is 6.30. The van der Waals surface area contributed by atoms with Gasteiger partial charge in [-0.1, -0.05) is 11.6 Å². The highest BCUT2D eigenvalue weighted by Gasteiger charge is 2.34. The molecule has 112 valence electrons. The molecule has 1 fully saturated rings. The van der Waals surface area contributed by atoms with Crippen LogP contribution in [0.4, 0.5) is 0 Å². The molecule has 0 radical (unpaired) electrons. The first-order chi connectivity index (χ1) is 9.99. The van der Waals surface area contributed by atoms with Crippen molar-refractivity contribution in [2.45, 2.75) is 32.7 Å². The molecule has 1 saturated heterocycles. The summed E-state index contributed by atoms with van der Waals surface area (Å²) in [6.07, 6.45) is 3.63.